The quantitative estimate of drug-likeness (QED) is 0.916. The summed E-state index contributed by atoms with van der Waals surface area (Å²) in [6.07, 6.45) is 0.982. The summed E-state index contributed by atoms with van der Waals surface area (Å²) in [6, 6.07) is 7.93. The zero-order chi connectivity index (χ0) is 12.3. The van der Waals surface area contributed by atoms with Crippen molar-refractivity contribution in [1.82, 2.24) is 10.3 Å². The van der Waals surface area contributed by atoms with E-state index >= 15 is 0 Å². The summed E-state index contributed by atoms with van der Waals surface area (Å²) in [5, 5.41) is 5.09. The summed E-state index contributed by atoms with van der Waals surface area (Å²) < 4.78 is 0. The predicted molar refractivity (Wildman–Crippen MR) is 74.9 cm³/mol. The number of rotatable bonds is 4. The van der Waals surface area contributed by atoms with E-state index < -0.39 is 0 Å². The van der Waals surface area contributed by atoms with E-state index in [0.717, 1.165) is 23.7 Å². The van der Waals surface area contributed by atoms with Gasteiger partial charge in [0.1, 0.15) is 0 Å². The molecule has 1 aromatic carbocycles. The standard InChI is InChI=1S/C13H15ClN2S/c1-9-13(10-3-5-11(14)6-4-10)17-12(16-9)7-8-15-2/h3-6,15H,7-8H2,1-2H3. The highest BCUT2D eigenvalue weighted by atomic mass is 35.5. The minimum absolute atomic E-state index is 0.770. The molecule has 1 aromatic heterocycles. The second-order valence-electron chi connectivity index (χ2n) is 3.88. The highest BCUT2D eigenvalue weighted by Gasteiger charge is 2.09. The highest BCUT2D eigenvalue weighted by molar-refractivity contribution is 7.15. The molecule has 90 valence electrons. The molecule has 0 fully saturated rings. The van der Waals surface area contributed by atoms with Gasteiger partial charge in [0.2, 0.25) is 0 Å². The first-order valence-electron chi connectivity index (χ1n) is 5.57. The molecule has 0 saturated carbocycles. The van der Waals surface area contributed by atoms with Gasteiger partial charge in [-0.2, -0.15) is 0 Å². The molecule has 0 aliphatic heterocycles. The maximum absolute atomic E-state index is 5.89. The number of hydrogen-bond donors (Lipinski definition) is 1. The maximum atomic E-state index is 5.89. The molecule has 0 saturated heterocycles. The van der Waals surface area contributed by atoms with Crippen molar-refractivity contribution >= 4 is 22.9 Å². The second kappa shape index (κ2) is 5.63. The van der Waals surface area contributed by atoms with Crippen molar-refractivity contribution in [3.05, 3.63) is 40.0 Å². The maximum Gasteiger partial charge on any atom is 0.0947 e. The summed E-state index contributed by atoms with van der Waals surface area (Å²) in [5.41, 5.74) is 2.29. The van der Waals surface area contributed by atoms with E-state index in [0.29, 0.717) is 0 Å². The van der Waals surface area contributed by atoms with E-state index in [9.17, 15) is 0 Å². The molecule has 0 radical (unpaired) electrons. The molecule has 4 heteroatoms. The van der Waals surface area contributed by atoms with Crippen molar-refractivity contribution in [3.63, 3.8) is 0 Å². The monoisotopic (exact) mass is 266 g/mol. The Hall–Kier alpha value is -0.900. The van der Waals surface area contributed by atoms with Crippen molar-refractivity contribution in [3.8, 4) is 10.4 Å². The van der Waals surface area contributed by atoms with Crippen LogP contribution in [-0.4, -0.2) is 18.6 Å². The molecule has 17 heavy (non-hydrogen) atoms. The van der Waals surface area contributed by atoms with Gasteiger partial charge in [-0.05, 0) is 31.7 Å². The Morgan fingerprint density at radius 2 is 2.00 bits per heavy atom. The number of benzene rings is 1. The number of thiazole rings is 1. The van der Waals surface area contributed by atoms with Crippen LogP contribution >= 0.6 is 22.9 Å². The van der Waals surface area contributed by atoms with Crippen molar-refractivity contribution in [2.75, 3.05) is 13.6 Å². The fraction of sp³-hybridized carbons (Fsp3) is 0.308. The van der Waals surface area contributed by atoms with Crippen LogP contribution in [0.25, 0.3) is 10.4 Å². The van der Waals surface area contributed by atoms with E-state index in [1.165, 1.54) is 15.4 Å². The predicted octanol–water partition coefficient (Wildman–Crippen LogP) is 3.53. The molecule has 0 atom stereocenters. The van der Waals surface area contributed by atoms with Gasteiger partial charge in [0.25, 0.3) is 0 Å². The fourth-order valence-corrected chi connectivity index (χ4v) is 2.86. The summed E-state index contributed by atoms with van der Waals surface area (Å²) in [7, 11) is 1.96. The SMILES string of the molecule is CNCCc1nc(C)c(-c2ccc(Cl)cc2)s1. The Morgan fingerprint density at radius 1 is 1.29 bits per heavy atom. The summed E-state index contributed by atoms with van der Waals surface area (Å²) in [4.78, 5) is 5.84. The first kappa shape index (κ1) is 12.6. The Balaban J connectivity index is 2.26. The zero-order valence-electron chi connectivity index (χ0n) is 9.96. The molecule has 0 bridgehead atoms. The van der Waals surface area contributed by atoms with Crippen LogP contribution in [0.5, 0.6) is 0 Å². The van der Waals surface area contributed by atoms with Gasteiger partial charge in [-0.3, -0.25) is 0 Å². The first-order chi connectivity index (χ1) is 8.20. The van der Waals surface area contributed by atoms with Crippen LogP contribution in [0.2, 0.25) is 5.02 Å². The smallest absolute Gasteiger partial charge is 0.0947 e. The minimum atomic E-state index is 0.770. The number of aryl methyl sites for hydroxylation is 1. The molecule has 1 N–H and O–H groups in total. The normalized spacial score (nSPS) is 10.8. The van der Waals surface area contributed by atoms with Gasteiger partial charge in [-0.1, -0.05) is 23.7 Å². The molecule has 0 spiro atoms. The van der Waals surface area contributed by atoms with Crippen LogP contribution in [0.15, 0.2) is 24.3 Å². The van der Waals surface area contributed by atoms with Crippen LogP contribution in [-0.2, 0) is 6.42 Å². The lowest BCUT2D eigenvalue weighted by atomic mass is 10.2. The molecule has 2 rings (SSSR count). The van der Waals surface area contributed by atoms with Crippen LogP contribution in [0.4, 0.5) is 0 Å². The van der Waals surface area contributed by atoms with Gasteiger partial charge >= 0.3 is 0 Å². The number of likely N-dealkylation sites (N-methyl/N-ethyl adjacent to an activating group) is 1. The minimum Gasteiger partial charge on any atom is -0.319 e. The Bertz CT molecular complexity index is 491. The van der Waals surface area contributed by atoms with E-state index in [4.69, 9.17) is 11.6 Å². The van der Waals surface area contributed by atoms with Gasteiger partial charge in [-0.25, -0.2) is 4.98 Å². The first-order valence-corrected chi connectivity index (χ1v) is 6.77. The third kappa shape index (κ3) is 3.06. The molecular weight excluding hydrogens is 252 g/mol. The van der Waals surface area contributed by atoms with E-state index in [1.54, 1.807) is 11.3 Å². The summed E-state index contributed by atoms with van der Waals surface area (Å²) >= 11 is 7.66. The molecule has 0 aliphatic carbocycles. The van der Waals surface area contributed by atoms with Gasteiger partial charge in [0, 0.05) is 18.0 Å². The number of halogens is 1. The summed E-state index contributed by atoms with van der Waals surface area (Å²) in [6.45, 7) is 3.02. The van der Waals surface area contributed by atoms with Crippen LogP contribution in [0.1, 0.15) is 10.7 Å². The molecular formula is C13H15ClN2S. The highest BCUT2D eigenvalue weighted by Crippen LogP contribution is 2.30. The third-order valence-corrected chi connectivity index (χ3v) is 4.05. The van der Waals surface area contributed by atoms with Crippen LogP contribution in [0.3, 0.4) is 0 Å². The molecule has 0 unspecified atom stereocenters. The average molecular weight is 267 g/mol. The number of aromatic nitrogens is 1. The van der Waals surface area contributed by atoms with E-state index in [1.807, 2.05) is 31.3 Å². The number of nitrogens with zero attached hydrogens (tertiary/aromatic N) is 1. The van der Waals surface area contributed by atoms with E-state index in [2.05, 4.69) is 17.2 Å². The van der Waals surface area contributed by atoms with Gasteiger partial charge < -0.3 is 5.32 Å². The lowest BCUT2D eigenvalue weighted by molar-refractivity contribution is 0.786. The van der Waals surface area contributed by atoms with Gasteiger partial charge in [0.15, 0.2) is 0 Å². The van der Waals surface area contributed by atoms with Crippen molar-refractivity contribution in [2.45, 2.75) is 13.3 Å². The van der Waals surface area contributed by atoms with Gasteiger partial charge in [-0.15, -0.1) is 11.3 Å². The lowest BCUT2D eigenvalue weighted by Gasteiger charge is -1.98. The Morgan fingerprint density at radius 3 is 2.65 bits per heavy atom. The summed E-state index contributed by atoms with van der Waals surface area (Å²) in [5.74, 6) is 0. The number of nitrogens with one attached hydrogen (secondary N) is 1. The lowest BCUT2D eigenvalue weighted by Crippen LogP contribution is -2.09. The molecule has 0 amide bonds. The zero-order valence-corrected chi connectivity index (χ0v) is 11.5. The number of hydrogen-bond acceptors (Lipinski definition) is 3. The fourth-order valence-electron chi connectivity index (χ4n) is 1.66. The van der Waals surface area contributed by atoms with Crippen LogP contribution < -0.4 is 5.32 Å². The van der Waals surface area contributed by atoms with E-state index in [-0.39, 0.29) is 0 Å². The van der Waals surface area contributed by atoms with Gasteiger partial charge in [0.05, 0.1) is 15.6 Å². The largest absolute Gasteiger partial charge is 0.319 e. The topological polar surface area (TPSA) is 24.9 Å². The molecule has 2 nitrogen and oxygen atoms in total. The Kier molecular flexibility index (Phi) is 4.15. The molecule has 0 aliphatic rings. The van der Waals surface area contributed by atoms with Crippen molar-refractivity contribution in [1.29, 1.82) is 0 Å². The molecule has 1 heterocycles. The third-order valence-electron chi connectivity index (χ3n) is 2.54. The van der Waals surface area contributed by atoms with Crippen LogP contribution in [0, 0.1) is 6.92 Å². The Labute approximate surface area is 111 Å². The molecule has 2 aromatic rings. The second-order valence-corrected chi connectivity index (χ2v) is 5.40. The van der Waals surface area contributed by atoms with Crippen molar-refractivity contribution in [2.24, 2.45) is 0 Å². The van der Waals surface area contributed by atoms with Crippen molar-refractivity contribution < 1.29 is 0 Å². The average Bonchev–Trinajstić information content (AvgIpc) is 2.69.